The van der Waals surface area contributed by atoms with Gasteiger partial charge in [-0.15, -0.1) is 0 Å². The van der Waals surface area contributed by atoms with E-state index >= 15 is 0 Å². The van der Waals surface area contributed by atoms with Crippen LogP contribution in [0.4, 0.5) is 5.69 Å². The fourth-order valence-electron chi connectivity index (χ4n) is 1.79. The second-order valence-electron chi connectivity index (χ2n) is 4.57. The zero-order chi connectivity index (χ0) is 15.2. The van der Waals surface area contributed by atoms with Gasteiger partial charge in [-0.1, -0.05) is 12.1 Å². The molecule has 2 rings (SSSR count). The monoisotopic (exact) mass is 394 g/mol. The van der Waals surface area contributed by atoms with Gasteiger partial charge in [0.25, 0.3) is 5.91 Å². The van der Waals surface area contributed by atoms with E-state index in [4.69, 9.17) is 0 Å². The minimum Gasteiger partial charge on any atom is -0.348 e. The summed E-state index contributed by atoms with van der Waals surface area (Å²) in [6.07, 6.45) is 0. The maximum Gasteiger partial charge on any atom is 0.251 e. The SMILES string of the molecule is CC(=O)Nc1ccc(CNC(=O)c2ccc(I)cc2)cc1. The molecule has 2 amide bonds. The molecule has 0 aliphatic carbocycles. The Morgan fingerprint density at radius 2 is 1.62 bits per heavy atom. The van der Waals surface area contributed by atoms with Crippen LogP contribution in [0.15, 0.2) is 48.5 Å². The number of nitrogens with one attached hydrogen (secondary N) is 2. The number of benzene rings is 2. The first-order chi connectivity index (χ1) is 10.0. The molecule has 21 heavy (non-hydrogen) atoms. The molecule has 0 aliphatic heterocycles. The molecule has 5 heteroatoms. The van der Waals surface area contributed by atoms with E-state index in [0.717, 1.165) is 14.8 Å². The van der Waals surface area contributed by atoms with Crippen LogP contribution in [0, 0.1) is 3.57 Å². The molecule has 0 fully saturated rings. The van der Waals surface area contributed by atoms with E-state index in [1.807, 2.05) is 36.4 Å². The van der Waals surface area contributed by atoms with Gasteiger partial charge in [0.1, 0.15) is 0 Å². The highest BCUT2D eigenvalue weighted by Crippen LogP contribution is 2.10. The molecule has 108 valence electrons. The van der Waals surface area contributed by atoms with E-state index in [-0.39, 0.29) is 11.8 Å². The topological polar surface area (TPSA) is 58.2 Å². The number of rotatable bonds is 4. The largest absolute Gasteiger partial charge is 0.348 e. The lowest BCUT2D eigenvalue weighted by atomic mass is 10.2. The fourth-order valence-corrected chi connectivity index (χ4v) is 2.15. The Balaban J connectivity index is 1.92. The van der Waals surface area contributed by atoms with Crippen LogP contribution in [-0.4, -0.2) is 11.8 Å². The molecule has 0 saturated heterocycles. The Morgan fingerprint density at radius 3 is 2.19 bits per heavy atom. The zero-order valence-electron chi connectivity index (χ0n) is 11.5. The van der Waals surface area contributed by atoms with Crippen LogP contribution in [0.5, 0.6) is 0 Å². The van der Waals surface area contributed by atoms with Gasteiger partial charge < -0.3 is 10.6 Å². The van der Waals surface area contributed by atoms with E-state index in [9.17, 15) is 9.59 Å². The van der Waals surface area contributed by atoms with E-state index < -0.39 is 0 Å². The minimum absolute atomic E-state index is 0.0997. The van der Waals surface area contributed by atoms with Gasteiger partial charge in [0.2, 0.25) is 5.91 Å². The average Bonchev–Trinajstić information content (AvgIpc) is 2.46. The maximum absolute atomic E-state index is 12.0. The van der Waals surface area contributed by atoms with E-state index in [0.29, 0.717) is 12.1 Å². The number of amides is 2. The molecule has 0 unspecified atom stereocenters. The second kappa shape index (κ2) is 7.21. The molecule has 0 radical (unpaired) electrons. The molecule has 4 nitrogen and oxygen atoms in total. The zero-order valence-corrected chi connectivity index (χ0v) is 13.7. The van der Waals surface area contributed by atoms with Gasteiger partial charge >= 0.3 is 0 Å². The van der Waals surface area contributed by atoms with Gasteiger partial charge in [-0.2, -0.15) is 0 Å². The van der Waals surface area contributed by atoms with Crippen molar-refractivity contribution in [1.29, 1.82) is 0 Å². The quantitative estimate of drug-likeness (QED) is 0.783. The summed E-state index contributed by atoms with van der Waals surface area (Å²) >= 11 is 2.20. The third kappa shape index (κ3) is 4.86. The van der Waals surface area contributed by atoms with Crippen molar-refractivity contribution < 1.29 is 9.59 Å². The molecule has 0 saturated carbocycles. The average molecular weight is 394 g/mol. The highest BCUT2D eigenvalue weighted by atomic mass is 127. The normalized spacial score (nSPS) is 10.0. The predicted octanol–water partition coefficient (Wildman–Crippen LogP) is 3.18. The highest BCUT2D eigenvalue weighted by Gasteiger charge is 2.04. The third-order valence-electron chi connectivity index (χ3n) is 2.83. The van der Waals surface area contributed by atoms with Gasteiger partial charge in [-0.3, -0.25) is 9.59 Å². The third-order valence-corrected chi connectivity index (χ3v) is 3.55. The summed E-state index contributed by atoms with van der Waals surface area (Å²) in [6.45, 7) is 1.92. The smallest absolute Gasteiger partial charge is 0.251 e. The van der Waals surface area contributed by atoms with E-state index in [2.05, 4.69) is 33.2 Å². The summed E-state index contributed by atoms with van der Waals surface area (Å²) in [7, 11) is 0. The first-order valence-corrected chi connectivity index (χ1v) is 7.53. The Labute approximate surface area is 137 Å². The van der Waals surface area contributed by atoms with Crippen molar-refractivity contribution in [2.45, 2.75) is 13.5 Å². The Hall–Kier alpha value is -1.89. The van der Waals surface area contributed by atoms with Crippen molar-refractivity contribution in [3.05, 3.63) is 63.2 Å². The molecular formula is C16H15IN2O2. The van der Waals surface area contributed by atoms with Crippen LogP contribution in [-0.2, 0) is 11.3 Å². The summed E-state index contributed by atoms with van der Waals surface area (Å²) in [5, 5.41) is 5.57. The summed E-state index contributed by atoms with van der Waals surface area (Å²) in [6, 6.07) is 14.8. The molecule has 0 atom stereocenters. The molecule has 0 aliphatic rings. The Morgan fingerprint density at radius 1 is 1.00 bits per heavy atom. The number of halogens is 1. The highest BCUT2D eigenvalue weighted by molar-refractivity contribution is 14.1. The van der Waals surface area contributed by atoms with Gasteiger partial charge in [-0.25, -0.2) is 0 Å². The molecular weight excluding hydrogens is 379 g/mol. The molecule has 2 aromatic rings. The van der Waals surface area contributed by atoms with Crippen LogP contribution < -0.4 is 10.6 Å². The van der Waals surface area contributed by atoms with Gasteiger partial charge in [-0.05, 0) is 64.6 Å². The maximum atomic E-state index is 12.0. The predicted molar refractivity (Wildman–Crippen MR) is 91.1 cm³/mol. The van der Waals surface area contributed by atoms with Gasteiger partial charge in [0, 0.05) is 28.3 Å². The van der Waals surface area contributed by atoms with Crippen LogP contribution in [0.2, 0.25) is 0 Å². The molecule has 0 aromatic heterocycles. The van der Waals surface area contributed by atoms with Crippen molar-refractivity contribution in [3.63, 3.8) is 0 Å². The summed E-state index contributed by atoms with van der Waals surface area (Å²) < 4.78 is 1.10. The lowest BCUT2D eigenvalue weighted by Crippen LogP contribution is -2.22. The molecule has 0 heterocycles. The van der Waals surface area contributed by atoms with Crippen LogP contribution >= 0.6 is 22.6 Å². The first-order valence-electron chi connectivity index (χ1n) is 6.45. The Kier molecular flexibility index (Phi) is 5.32. The Bertz CT molecular complexity index is 636. The second-order valence-corrected chi connectivity index (χ2v) is 5.81. The molecule has 2 N–H and O–H groups in total. The van der Waals surface area contributed by atoms with Crippen molar-refractivity contribution in [2.75, 3.05) is 5.32 Å². The number of carbonyl (C=O) groups is 2. The van der Waals surface area contributed by atoms with Crippen molar-refractivity contribution >= 4 is 40.1 Å². The van der Waals surface area contributed by atoms with Crippen molar-refractivity contribution in [3.8, 4) is 0 Å². The van der Waals surface area contributed by atoms with E-state index in [1.54, 1.807) is 12.1 Å². The number of hydrogen-bond donors (Lipinski definition) is 2. The lowest BCUT2D eigenvalue weighted by Gasteiger charge is -2.07. The fraction of sp³-hybridized carbons (Fsp3) is 0.125. The summed E-state index contributed by atoms with van der Waals surface area (Å²) in [5.41, 5.74) is 2.36. The summed E-state index contributed by atoms with van der Waals surface area (Å²) in [4.78, 5) is 22.9. The number of hydrogen-bond acceptors (Lipinski definition) is 2. The lowest BCUT2D eigenvalue weighted by molar-refractivity contribution is -0.114. The van der Waals surface area contributed by atoms with Crippen LogP contribution in [0.1, 0.15) is 22.8 Å². The van der Waals surface area contributed by atoms with Crippen LogP contribution in [0.3, 0.4) is 0 Å². The summed E-state index contributed by atoms with van der Waals surface area (Å²) in [5.74, 6) is -0.202. The molecule has 0 spiro atoms. The van der Waals surface area contributed by atoms with Gasteiger partial charge in [0.05, 0.1) is 0 Å². The van der Waals surface area contributed by atoms with Crippen LogP contribution in [0.25, 0.3) is 0 Å². The van der Waals surface area contributed by atoms with E-state index in [1.165, 1.54) is 6.92 Å². The van der Waals surface area contributed by atoms with Crippen molar-refractivity contribution in [1.82, 2.24) is 5.32 Å². The minimum atomic E-state index is -0.102. The molecule has 0 bridgehead atoms. The first kappa shape index (κ1) is 15.5. The number of anilines is 1. The number of carbonyl (C=O) groups excluding carboxylic acids is 2. The van der Waals surface area contributed by atoms with Gasteiger partial charge in [0.15, 0.2) is 0 Å². The molecule has 2 aromatic carbocycles. The van der Waals surface area contributed by atoms with Crippen molar-refractivity contribution in [2.24, 2.45) is 0 Å². The standard InChI is InChI=1S/C16H15IN2O2/c1-11(20)19-15-8-2-12(3-9-15)10-18-16(21)13-4-6-14(17)7-5-13/h2-9H,10H2,1H3,(H,18,21)(H,19,20).